The fourth-order valence-corrected chi connectivity index (χ4v) is 3.40. The first-order valence-electron chi connectivity index (χ1n) is 8.19. The molecule has 5 rings (SSSR count). The lowest BCUT2D eigenvalue weighted by Crippen LogP contribution is -2.11. The lowest BCUT2D eigenvalue weighted by Gasteiger charge is -2.08. The maximum Gasteiger partial charge on any atom is 0.222 e. The van der Waals surface area contributed by atoms with Crippen molar-refractivity contribution in [1.82, 2.24) is 9.97 Å². The molecule has 6 heteroatoms. The third kappa shape index (κ3) is 2.09. The molecule has 0 aliphatic rings. The molecule has 0 bridgehead atoms. The first kappa shape index (κ1) is 14.7. The predicted molar refractivity (Wildman–Crippen MR) is 104 cm³/mol. The standard InChI is InChI=1S/C20H15N5O/c21-20-23-16-9-8-11(10-15(16)19(24-20)25-22)12-5-3-6-14-13-4-1-2-7-17(13)26-18(12)14/h1-10H,22H2,(H3,21,23,24,25). The molecule has 5 N–H and O–H groups in total. The van der Waals surface area contributed by atoms with E-state index in [-0.39, 0.29) is 5.95 Å². The third-order valence-electron chi connectivity index (χ3n) is 4.57. The summed E-state index contributed by atoms with van der Waals surface area (Å²) >= 11 is 0. The van der Waals surface area contributed by atoms with Crippen molar-refractivity contribution in [3.63, 3.8) is 0 Å². The Labute approximate surface area is 148 Å². The highest BCUT2D eigenvalue weighted by Crippen LogP contribution is 2.37. The minimum absolute atomic E-state index is 0.178. The smallest absolute Gasteiger partial charge is 0.222 e. The summed E-state index contributed by atoms with van der Waals surface area (Å²) in [5.74, 6) is 6.27. The fraction of sp³-hybridized carbons (Fsp3) is 0. The second-order valence-corrected chi connectivity index (χ2v) is 6.09. The number of hydrazine groups is 1. The molecule has 0 saturated carbocycles. The molecule has 0 spiro atoms. The van der Waals surface area contributed by atoms with Crippen LogP contribution >= 0.6 is 0 Å². The molecule has 2 heterocycles. The first-order chi connectivity index (χ1) is 12.7. The van der Waals surface area contributed by atoms with Gasteiger partial charge in [0.15, 0.2) is 5.82 Å². The van der Waals surface area contributed by atoms with Crippen molar-refractivity contribution < 1.29 is 4.42 Å². The van der Waals surface area contributed by atoms with Gasteiger partial charge in [-0.15, -0.1) is 0 Å². The molecular formula is C20H15N5O. The number of nitrogens with one attached hydrogen (secondary N) is 1. The summed E-state index contributed by atoms with van der Waals surface area (Å²) in [4.78, 5) is 8.42. The Bertz CT molecular complexity index is 1290. The van der Waals surface area contributed by atoms with Gasteiger partial charge in [0.25, 0.3) is 0 Å². The molecule has 6 nitrogen and oxygen atoms in total. The van der Waals surface area contributed by atoms with Crippen LogP contribution in [0.3, 0.4) is 0 Å². The normalized spacial score (nSPS) is 11.4. The van der Waals surface area contributed by atoms with Crippen LogP contribution in [0.15, 0.2) is 65.1 Å². The molecule has 0 aliphatic carbocycles. The van der Waals surface area contributed by atoms with Crippen LogP contribution in [0.4, 0.5) is 11.8 Å². The Morgan fingerprint density at radius 1 is 0.846 bits per heavy atom. The average Bonchev–Trinajstić information content (AvgIpc) is 3.05. The van der Waals surface area contributed by atoms with E-state index in [1.165, 1.54) is 0 Å². The number of furan rings is 1. The monoisotopic (exact) mass is 341 g/mol. The maximum absolute atomic E-state index is 6.13. The second kappa shape index (κ2) is 5.44. The minimum Gasteiger partial charge on any atom is -0.455 e. The lowest BCUT2D eigenvalue weighted by atomic mass is 10.0. The molecule has 26 heavy (non-hydrogen) atoms. The fourth-order valence-electron chi connectivity index (χ4n) is 3.40. The van der Waals surface area contributed by atoms with Crippen LogP contribution in [0.5, 0.6) is 0 Å². The van der Waals surface area contributed by atoms with Gasteiger partial charge in [-0.05, 0) is 23.8 Å². The molecular weight excluding hydrogens is 326 g/mol. The highest BCUT2D eigenvalue weighted by molar-refractivity contribution is 6.10. The van der Waals surface area contributed by atoms with E-state index in [2.05, 4.69) is 27.5 Å². The number of nitrogen functional groups attached to an aromatic ring is 2. The van der Waals surface area contributed by atoms with E-state index in [4.69, 9.17) is 16.0 Å². The summed E-state index contributed by atoms with van der Waals surface area (Å²) in [6, 6.07) is 20.1. The van der Waals surface area contributed by atoms with Crippen LogP contribution in [-0.4, -0.2) is 9.97 Å². The minimum atomic E-state index is 0.178. The predicted octanol–water partition coefficient (Wildman–Crippen LogP) is 4.06. The van der Waals surface area contributed by atoms with Crippen LogP contribution in [0.1, 0.15) is 0 Å². The summed E-state index contributed by atoms with van der Waals surface area (Å²) in [7, 11) is 0. The Morgan fingerprint density at radius 3 is 2.58 bits per heavy atom. The molecule has 0 unspecified atom stereocenters. The number of nitrogens with two attached hydrogens (primary N) is 2. The van der Waals surface area contributed by atoms with Gasteiger partial charge in [-0.1, -0.05) is 42.5 Å². The van der Waals surface area contributed by atoms with Crippen LogP contribution in [0, 0.1) is 0 Å². The summed E-state index contributed by atoms with van der Waals surface area (Å²) in [5.41, 5.74) is 12.8. The van der Waals surface area contributed by atoms with Crippen molar-refractivity contribution in [2.45, 2.75) is 0 Å². The van der Waals surface area contributed by atoms with Gasteiger partial charge in [0, 0.05) is 21.7 Å². The number of aromatic nitrogens is 2. The Morgan fingerprint density at radius 2 is 1.69 bits per heavy atom. The molecule has 0 aliphatic heterocycles. The van der Waals surface area contributed by atoms with E-state index in [0.717, 1.165) is 44.0 Å². The first-order valence-corrected chi connectivity index (χ1v) is 8.19. The number of hydrogen-bond donors (Lipinski definition) is 3. The zero-order chi connectivity index (χ0) is 17.7. The van der Waals surface area contributed by atoms with Gasteiger partial charge in [-0.3, -0.25) is 0 Å². The quantitative estimate of drug-likeness (QED) is 0.330. The summed E-state index contributed by atoms with van der Waals surface area (Å²) in [6.07, 6.45) is 0. The van der Waals surface area contributed by atoms with E-state index in [1.54, 1.807) is 0 Å². The number of nitrogens with zero attached hydrogens (tertiary/aromatic N) is 2. The summed E-state index contributed by atoms with van der Waals surface area (Å²) in [5, 5.41) is 2.99. The maximum atomic E-state index is 6.13. The molecule has 3 aromatic carbocycles. The van der Waals surface area contributed by atoms with Crippen molar-refractivity contribution in [2.75, 3.05) is 11.2 Å². The molecule has 126 valence electrons. The van der Waals surface area contributed by atoms with Crippen LogP contribution in [-0.2, 0) is 0 Å². The third-order valence-corrected chi connectivity index (χ3v) is 4.57. The van der Waals surface area contributed by atoms with Gasteiger partial charge < -0.3 is 15.6 Å². The molecule has 0 radical (unpaired) electrons. The molecule has 0 amide bonds. The highest BCUT2D eigenvalue weighted by Gasteiger charge is 2.13. The molecule has 5 aromatic rings. The summed E-state index contributed by atoms with van der Waals surface area (Å²) in [6.45, 7) is 0. The largest absolute Gasteiger partial charge is 0.455 e. The van der Waals surface area contributed by atoms with Crippen molar-refractivity contribution in [1.29, 1.82) is 0 Å². The lowest BCUT2D eigenvalue weighted by molar-refractivity contribution is 0.670. The van der Waals surface area contributed by atoms with Crippen molar-refractivity contribution in [2.24, 2.45) is 5.84 Å². The molecule has 0 saturated heterocycles. The Kier molecular flexibility index (Phi) is 3.07. The molecule has 0 fully saturated rings. The van der Waals surface area contributed by atoms with Crippen LogP contribution in [0.25, 0.3) is 44.0 Å². The van der Waals surface area contributed by atoms with Gasteiger partial charge in [0.1, 0.15) is 11.2 Å². The van der Waals surface area contributed by atoms with Crippen molar-refractivity contribution >= 4 is 44.6 Å². The SMILES string of the molecule is NNc1nc(N)nc2ccc(-c3cccc4c3oc3ccccc34)cc12. The van der Waals surface area contributed by atoms with Crippen molar-refractivity contribution in [3.8, 4) is 11.1 Å². The van der Waals surface area contributed by atoms with Gasteiger partial charge >= 0.3 is 0 Å². The van der Waals surface area contributed by atoms with Gasteiger partial charge in [-0.25, -0.2) is 10.8 Å². The zero-order valence-corrected chi connectivity index (χ0v) is 13.7. The van der Waals surface area contributed by atoms with E-state index >= 15 is 0 Å². The second-order valence-electron chi connectivity index (χ2n) is 6.09. The van der Waals surface area contributed by atoms with E-state index in [0.29, 0.717) is 5.82 Å². The Balaban J connectivity index is 1.81. The van der Waals surface area contributed by atoms with E-state index in [1.807, 2.05) is 48.5 Å². The Hall–Kier alpha value is -3.64. The van der Waals surface area contributed by atoms with Gasteiger partial charge in [0.2, 0.25) is 5.95 Å². The van der Waals surface area contributed by atoms with Crippen LogP contribution in [0.2, 0.25) is 0 Å². The highest BCUT2D eigenvalue weighted by atomic mass is 16.3. The van der Waals surface area contributed by atoms with E-state index in [9.17, 15) is 0 Å². The molecule has 0 atom stereocenters. The van der Waals surface area contributed by atoms with Crippen molar-refractivity contribution in [3.05, 3.63) is 60.7 Å². The average molecular weight is 341 g/mol. The number of para-hydroxylation sites is 2. The van der Waals surface area contributed by atoms with Gasteiger partial charge in [0.05, 0.1) is 5.52 Å². The topological polar surface area (TPSA) is 103 Å². The van der Waals surface area contributed by atoms with E-state index < -0.39 is 0 Å². The van der Waals surface area contributed by atoms with Gasteiger partial charge in [-0.2, -0.15) is 4.98 Å². The number of rotatable bonds is 2. The number of fused-ring (bicyclic) bond motifs is 4. The van der Waals surface area contributed by atoms with Crippen LogP contribution < -0.4 is 17.0 Å². The zero-order valence-electron chi connectivity index (χ0n) is 13.7. The number of anilines is 2. The summed E-state index contributed by atoms with van der Waals surface area (Å²) < 4.78 is 6.13. The molecule has 2 aromatic heterocycles. The number of benzene rings is 3. The number of hydrogen-bond acceptors (Lipinski definition) is 6.